The third-order valence-electron chi connectivity index (χ3n) is 2.61. The Labute approximate surface area is 112 Å². The zero-order valence-electron chi connectivity index (χ0n) is 10.2. The van der Waals surface area contributed by atoms with Gasteiger partial charge >= 0.3 is 0 Å². The summed E-state index contributed by atoms with van der Waals surface area (Å²) in [5, 5.41) is 6.98. The van der Waals surface area contributed by atoms with E-state index >= 15 is 0 Å². The van der Waals surface area contributed by atoms with Crippen molar-refractivity contribution in [2.24, 2.45) is 0 Å². The van der Waals surface area contributed by atoms with Crippen molar-refractivity contribution in [1.82, 2.24) is 10.6 Å². The van der Waals surface area contributed by atoms with Crippen LogP contribution in [0.4, 0.5) is 0 Å². The third-order valence-corrected chi connectivity index (χ3v) is 2.88. The Morgan fingerprint density at radius 2 is 2.00 bits per heavy atom. The van der Waals surface area contributed by atoms with Gasteiger partial charge in [-0.1, -0.05) is 30.3 Å². The predicted octanol–water partition coefficient (Wildman–Crippen LogP) is 3.00. The number of thiocarbonyl (C=S) groups is 1. The molecule has 0 bridgehead atoms. The number of hydrogen-bond donors (Lipinski definition) is 2. The highest BCUT2D eigenvalue weighted by atomic mass is 32.1. The fourth-order valence-corrected chi connectivity index (χ4v) is 1.88. The first kappa shape index (κ1) is 12.6. The molecule has 0 fully saturated rings. The van der Waals surface area contributed by atoms with E-state index in [0.717, 1.165) is 12.3 Å². The lowest BCUT2D eigenvalue weighted by molar-refractivity contribution is 0.462. The number of nitrogens with one attached hydrogen (secondary N) is 2. The van der Waals surface area contributed by atoms with E-state index < -0.39 is 0 Å². The lowest BCUT2D eigenvalue weighted by Gasteiger charge is -2.15. The van der Waals surface area contributed by atoms with E-state index in [1.165, 1.54) is 5.56 Å². The number of rotatable bonds is 4. The topological polar surface area (TPSA) is 37.2 Å². The van der Waals surface area contributed by atoms with Crippen LogP contribution in [0.25, 0.3) is 0 Å². The standard InChI is InChI=1S/C14H16N2OS/c1-11(13-8-5-9-17-13)16-14(18)15-10-12-6-3-2-4-7-12/h2-9,11H,10H2,1H3,(H2,15,16,18)/t11-/m1/s1. The zero-order chi connectivity index (χ0) is 12.8. The van der Waals surface area contributed by atoms with Gasteiger partial charge in [0.1, 0.15) is 5.76 Å². The second kappa shape index (κ2) is 6.21. The van der Waals surface area contributed by atoms with Crippen molar-refractivity contribution in [3.63, 3.8) is 0 Å². The lowest BCUT2D eigenvalue weighted by atomic mass is 10.2. The van der Waals surface area contributed by atoms with E-state index in [4.69, 9.17) is 16.6 Å². The van der Waals surface area contributed by atoms with Gasteiger partial charge in [-0.3, -0.25) is 0 Å². The maximum absolute atomic E-state index is 5.31. The van der Waals surface area contributed by atoms with E-state index in [2.05, 4.69) is 22.8 Å². The molecule has 2 aromatic rings. The van der Waals surface area contributed by atoms with Crippen LogP contribution >= 0.6 is 12.2 Å². The van der Waals surface area contributed by atoms with Gasteiger partial charge in [-0.25, -0.2) is 0 Å². The molecule has 4 heteroatoms. The van der Waals surface area contributed by atoms with Crippen molar-refractivity contribution in [2.75, 3.05) is 0 Å². The second-order valence-electron chi connectivity index (χ2n) is 4.05. The molecule has 2 N–H and O–H groups in total. The van der Waals surface area contributed by atoms with Crippen LogP contribution in [0.3, 0.4) is 0 Å². The summed E-state index contributed by atoms with van der Waals surface area (Å²) in [6.07, 6.45) is 1.66. The van der Waals surface area contributed by atoms with E-state index in [1.54, 1.807) is 6.26 Å². The maximum atomic E-state index is 5.31. The van der Waals surface area contributed by atoms with Gasteiger partial charge in [-0.05, 0) is 36.8 Å². The van der Waals surface area contributed by atoms with Crippen LogP contribution in [0.2, 0.25) is 0 Å². The monoisotopic (exact) mass is 260 g/mol. The molecule has 1 aromatic heterocycles. The van der Waals surface area contributed by atoms with Gasteiger partial charge in [0.15, 0.2) is 5.11 Å². The number of benzene rings is 1. The minimum absolute atomic E-state index is 0.0655. The first-order chi connectivity index (χ1) is 8.75. The third kappa shape index (κ3) is 3.60. The number of furan rings is 1. The van der Waals surface area contributed by atoms with Gasteiger partial charge in [0, 0.05) is 6.54 Å². The normalized spacial score (nSPS) is 11.8. The molecule has 18 heavy (non-hydrogen) atoms. The zero-order valence-corrected chi connectivity index (χ0v) is 11.0. The van der Waals surface area contributed by atoms with Gasteiger partial charge in [0.2, 0.25) is 0 Å². The molecule has 0 spiro atoms. The summed E-state index contributed by atoms with van der Waals surface area (Å²) in [6, 6.07) is 14.0. The van der Waals surface area contributed by atoms with Gasteiger partial charge in [0.25, 0.3) is 0 Å². The summed E-state index contributed by atoms with van der Waals surface area (Å²) >= 11 is 5.24. The molecule has 0 saturated heterocycles. The molecule has 1 aromatic carbocycles. The van der Waals surface area contributed by atoms with Crippen molar-refractivity contribution >= 4 is 17.3 Å². The molecule has 0 unspecified atom stereocenters. The Bertz CT molecular complexity index is 482. The molecule has 1 heterocycles. The number of hydrogen-bond acceptors (Lipinski definition) is 2. The Morgan fingerprint density at radius 1 is 1.22 bits per heavy atom. The molecule has 1 atom stereocenters. The Morgan fingerprint density at radius 3 is 2.67 bits per heavy atom. The minimum Gasteiger partial charge on any atom is -0.467 e. The quantitative estimate of drug-likeness (QED) is 0.829. The van der Waals surface area contributed by atoms with E-state index in [9.17, 15) is 0 Å². The summed E-state index contributed by atoms with van der Waals surface area (Å²) in [7, 11) is 0. The van der Waals surface area contributed by atoms with Crippen LogP contribution in [-0.2, 0) is 6.54 Å². The molecular formula is C14H16N2OS. The summed E-state index contributed by atoms with van der Waals surface area (Å²) in [4.78, 5) is 0. The van der Waals surface area contributed by atoms with E-state index in [-0.39, 0.29) is 6.04 Å². The lowest BCUT2D eigenvalue weighted by Crippen LogP contribution is -2.36. The molecule has 0 aliphatic carbocycles. The van der Waals surface area contributed by atoms with E-state index in [1.807, 2.05) is 37.3 Å². The highest BCUT2D eigenvalue weighted by Crippen LogP contribution is 2.11. The maximum Gasteiger partial charge on any atom is 0.167 e. The Balaban J connectivity index is 1.79. The van der Waals surface area contributed by atoms with Gasteiger partial charge in [-0.2, -0.15) is 0 Å². The van der Waals surface area contributed by atoms with Crippen LogP contribution in [-0.4, -0.2) is 5.11 Å². The molecule has 0 radical (unpaired) electrons. The summed E-state index contributed by atoms with van der Waals surface area (Å²) < 4.78 is 5.31. The molecule has 0 aliphatic rings. The second-order valence-corrected chi connectivity index (χ2v) is 4.46. The molecule has 3 nitrogen and oxygen atoms in total. The smallest absolute Gasteiger partial charge is 0.167 e. The van der Waals surface area contributed by atoms with Crippen molar-refractivity contribution in [3.05, 3.63) is 60.1 Å². The molecule has 94 valence electrons. The van der Waals surface area contributed by atoms with Gasteiger partial charge < -0.3 is 15.1 Å². The Kier molecular flexibility index (Phi) is 4.36. The molecule has 0 saturated carbocycles. The SMILES string of the molecule is C[C@@H](NC(=S)NCc1ccccc1)c1ccco1. The summed E-state index contributed by atoms with van der Waals surface area (Å²) in [5.74, 6) is 0.874. The van der Waals surface area contributed by atoms with Crippen molar-refractivity contribution in [3.8, 4) is 0 Å². The highest BCUT2D eigenvalue weighted by molar-refractivity contribution is 7.80. The first-order valence-corrected chi connectivity index (χ1v) is 6.28. The van der Waals surface area contributed by atoms with Crippen LogP contribution in [0, 0.1) is 0 Å². The predicted molar refractivity (Wildman–Crippen MR) is 76.1 cm³/mol. The van der Waals surface area contributed by atoms with Gasteiger partial charge in [0.05, 0.1) is 12.3 Å². The van der Waals surface area contributed by atoms with Crippen molar-refractivity contribution in [1.29, 1.82) is 0 Å². The molecular weight excluding hydrogens is 244 g/mol. The molecule has 0 aliphatic heterocycles. The Hall–Kier alpha value is -1.81. The summed E-state index contributed by atoms with van der Waals surface area (Å²) in [5.41, 5.74) is 1.20. The van der Waals surface area contributed by atoms with Crippen LogP contribution < -0.4 is 10.6 Å². The minimum atomic E-state index is 0.0655. The average Bonchev–Trinajstić information content (AvgIpc) is 2.91. The van der Waals surface area contributed by atoms with Crippen LogP contribution in [0.15, 0.2) is 53.1 Å². The largest absolute Gasteiger partial charge is 0.467 e. The highest BCUT2D eigenvalue weighted by Gasteiger charge is 2.08. The average molecular weight is 260 g/mol. The van der Waals surface area contributed by atoms with Gasteiger partial charge in [-0.15, -0.1) is 0 Å². The fraction of sp³-hybridized carbons (Fsp3) is 0.214. The van der Waals surface area contributed by atoms with Crippen molar-refractivity contribution in [2.45, 2.75) is 19.5 Å². The first-order valence-electron chi connectivity index (χ1n) is 5.87. The fourth-order valence-electron chi connectivity index (χ4n) is 1.63. The molecule has 2 rings (SSSR count). The van der Waals surface area contributed by atoms with Crippen LogP contribution in [0.5, 0.6) is 0 Å². The summed E-state index contributed by atoms with van der Waals surface area (Å²) in [6.45, 7) is 2.73. The molecule has 0 amide bonds. The van der Waals surface area contributed by atoms with Crippen molar-refractivity contribution < 1.29 is 4.42 Å². The van der Waals surface area contributed by atoms with Crippen LogP contribution in [0.1, 0.15) is 24.3 Å². The van der Waals surface area contributed by atoms with E-state index in [0.29, 0.717) is 5.11 Å².